The molecule has 2 heteroatoms. The molecule has 0 unspecified atom stereocenters. The van der Waals surface area contributed by atoms with E-state index in [0.717, 1.165) is 39.0 Å². The van der Waals surface area contributed by atoms with Gasteiger partial charge in [0.25, 0.3) is 0 Å². The third kappa shape index (κ3) is 4.65. The van der Waals surface area contributed by atoms with E-state index in [9.17, 15) is 0 Å². The van der Waals surface area contributed by atoms with Crippen LogP contribution in [0.4, 0.5) is 17.1 Å². The summed E-state index contributed by atoms with van der Waals surface area (Å²) >= 11 is 0. The van der Waals surface area contributed by atoms with Gasteiger partial charge in [0, 0.05) is 16.8 Å². The van der Waals surface area contributed by atoms with Crippen LogP contribution in [-0.2, 0) is 0 Å². The lowest BCUT2D eigenvalue weighted by Crippen LogP contribution is -2.10. The highest BCUT2D eigenvalue weighted by molar-refractivity contribution is 6.18. The number of nitrogens with zero attached hydrogens (tertiary/aromatic N) is 1. The highest BCUT2D eigenvalue weighted by Crippen LogP contribution is 2.44. The molecule has 0 N–H and O–H groups in total. The summed E-state index contributed by atoms with van der Waals surface area (Å²) in [6, 6.07) is 67.5. The van der Waals surface area contributed by atoms with Crippen LogP contribution in [0.3, 0.4) is 0 Å². The number of para-hydroxylation sites is 1. The molecule has 9 aromatic carbocycles. The lowest BCUT2D eigenvalue weighted by atomic mass is 9.94. The predicted octanol–water partition coefficient (Wildman–Crippen LogP) is 13.8. The van der Waals surface area contributed by atoms with Crippen molar-refractivity contribution >= 4 is 71.3 Å². The zero-order chi connectivity index (χ0) is 33.0. The number of rotatable bonds is 5. The highest BCUT2D eigenvalue weighted by Gasteiger charge is 2.19. The zero-order valence-corrected chi connectivity index (χ0v) is 27.3. The summed E-state index contributed by atoms with van der Waals surface area (Å²) in [4.78, 5) is 2.35. The van der Waals surface area contributed by atoms with Crippen LogP contribution in [-0.4, -0.2) is 0 Å². The maximum atomic E-state index is 6.33. The van der Waals surface area contributed by atoms with Gasteiger partial charge in [0.2, 0.25) is 0 Å². The molecule has 10 rings (SSSR count). The molecule has 0 saturated carbocycles. The number of benzene rings is 9. The molecule has 50 heavy (non-hydrogen) atoms. The SMILES string of the molecule is c1ccc(-c2ccc(N(c3ccc(-c4ccc5ccc6c7ccccc7ccc6c5c4)cc3)c3cccc4oc5ccccc5c34)cc2)cc1. The first-order valence-electron chi connectivity index (χ1n) is 17.1. The van der Waals surface area contributed by atoms with Crippen LogP contribution in [0, 0.1) is 0 Å². The Morgan fingerprint density at radius 2 is 0.860 bits per heavy atom. The van der Waals surface area contributed by atoms with E-state index in [-0.39, 0.29) is 0 Å². The van der Waals surface area contributed by atoms with E-state index in [4.69, 9.17) is 4.42 Å². The van der Waals surface area contributed by atoms with Gasteiger partial charge in [-0.2, -0.15) is 0 Å². The molecule has 0 amide bonds. The van der Waals surface area contributed by atoms with Gasteiger partial charge >= 0.3 is 0 Å². The summed E-state index contributed by atoms with van der Waals surface area (Å²) in [6.07, 6.45) is 0. The number of hydrogen-bond acceptors (Lipinski definition) is 2. The molecule has 0 aliphatic heterocycles. The van der Waals surface area contributed by atoms with Crippen LogP contribution < -0.4 is 4.90 Å². The van der Waals surface area contributed by atoms with Gasteiger partial charge in [-0.15, -0.1) is 0 Å². The Bertz CT molecular complexity index is 2850. The highest BCUT2D eigenvalue weighted by atomic mass is 16.3. The monoisotopic (exact) mass is 637 g/mol. The molecule has 234 valence electrons. The van der Waals surface area contributed by atoms with Gasteiger partial charge in [0.1, 0.15) is 11.2 Å². The van der Waals surface area contributed by atoms with E-state index in [1.807, 2.05) is 12.1 Å². The molecule has 0 saturated heterocycles. The Hall–Kier alpha value is -6.64. The lowest BCUT2D eigenvalue weighted by Gasteiger charge is -2.26. The number of furan rings is 1. The molecule has 0 aliphatic rings. The number of fused-ring (bicyclic) bond motifs is 8. The Balaban J connectivity index is 1.10. The van der Waals surface area contributed by atoms with Crippen LogP contribution in [0.1, 0.15) is 0 Å². The minimum absolute atomic E-state index is 0.877. The summed E-state index contributed by atoms with van der Waals surface area (Å²) in [5.41, 5.74) is 9.78. The Morgan fingerprint density at radius 3 is 1.62 bits per heavy atom. The molecule has 2 nitrogen and oxygen atoms in total. The minimum Gasteiger partial charge on any atom is -0.456 e. The second-order valence-corrected chi connectivity index (χ2v) is 12.9. The molecule has 1 aromatic heterocycles. The van der Waals surface area contributed by atoms with Gasteiger partial charge in [-0.3, -0.25) is 0 Å². The number of anilines is 3. The third-order valence-corrected chi connectivity index (χ3v) is 10.1. The largest absolute Gasteiger partial charge is 0.456 e. The van der Waals surface area contributed by atoms with Crippen LogP contribution in [0.2, 0.25) is 0 Å². The third-order valence-electron chi connectivity index (χ3n) is 10.1. The molecule has 0 spiro atoms. The van der Waals surface area contributed by atoms with E-state index in [1.165, 1.54) is 54.6 Å². The van der Waals surface area contributed by atoms with Crippen LogP contribution in [0.15, 0.2) is 192 Å². The normalized spacial score (nSPS) is 11.6. The van der Waals surface area contributed by atoms with Crippen molar-refractivity contribution in [3.8, 4) is 22.3 Å². The molecule has 0 radical (unpaired) electrons. The van der Waals surface area contributed by atoms with Crippen molar-refractivity contribution < 1.29 is 4.42 Å². The minimum atomic E-state index is 0.877. The smallest absolute Gasteiger partial charge is 0.137 e. The van der Waals surface area contributed by atoms with Crippen molar-refractivity contribution in [2.75, 3.05) is 4.90 Å². The fourth-order valence-electron chi connectivity index (χ4n) is 7.60. The fraction of sp³-hybridized carbons (Fsp3) is 0. The molecule has 0 fully saturated rings. The standard InChI is InChI=1S/C48H31NO/c1-2-9-32(10-3-1)33-19-25-38(26-20-33)49(45-14-8-16-47-48(45)43-13-6-7-15-46(43)50-47)39-27-21-34(22-28-39)37-18-17-36-24-29-41-40-12-5-4-11-35(40)23-30-42(41)44(36)31-37/h1-31H. The summed E-state index contributed by atoms with van der Waals surface area (Å²) in [6.45, 7) is 0. The van der Waals surface area contributed by atoms with E-state index in [0.29, 0.717) is 0 Å². The Labute approximate surface area is 290 Å². The van der Waals surface area contributed by atoms with Gasteiger partial charge in [0.15, 0.2) is 0 Å². The average Bonchev–Trinajstić information content (AvgIpc) is 3.58. The van der Waals surface area contributed by atoms with Gasteiger partial charge in [-0.05, 0) is 103 Å². The van der Waals surface area contributed by atoms with E-state index < -0.39 is 0 Å². The van der Waals surface area contributed by atoms with Crippen molar-refractivity contribution in [3.05, 3.63) is 188 Å². The molecule has 1 heterocycles. The summed E-state index contributed by atoms with van der Waals surface area (Å²) in [7, 11) is 0. The quantitative estimate of drug-likeness (QED) is 0.175. The maximum Gasteiger partial charge on any atom is 0.137 e. The molecular weight excluding hydrogens is 607 g/mol. The zero-order valence-electron chi connectivity index (χ0n) is 27.3. The number of hydrogen-bond donors (Lipinski definition) is 0. The predicted molar refractivity (Wildman–Crippen MR) is 212 cm³/mol. The van der Waals surface area contributed by atoms with E-state index in [1.54, 1.807) is 0 Å². The van der Waals surface area contributed by atoms with Crippen LogP contribution in [0.25, 0.3) is 76.5 Å². The van der Waals surface area contributed by atoms with Crippen molar-refractivity contribution in [2.45, 2.75) is 0 Å². The van der Waals surface area contributed by atoms with E-state index >= 15 is 0 Å². The average molecular weight is 638 g/mol. The van der Waals surface area contributed by atoms with Gasteiger partial charge < -0.3 is 9.32 Å². The first kappa shape index (κ1) is 28.4. The van der Waals surface area contributed by atoms with Gasteiger partial charge in [0.05, 0.1) is 11.1 Å². The Kier molecular flexibility index (Phi) is 6.53. The summed E-state index contributed by atoms with van der Waals surface area (Å²) < 4.78 is 6.33. The van der Waals surface area contributed by atoms with Crippen LogP contribution >= 0.6 is 0 Å². The first-order chi connectivity index (χ1) is 24.8. The lowest BCUT2D eigenvalue weighted by molar-refractivity contribution is 0.669. The molecule has 0 bridgehead atoms. The Morgan fingerprint density at radius 1 is 0.320 bits per heavy atom. The molecule has 10 aromatic rings. The molecule has 0 aliphatic carbocycles. The second-order valence-electron chi connectivity index (χ2n) is 12.9. The maximum absolute atomic E-state index is 6.33. The summed E-state index contributed by atoms with van der Waals surface area (Å²) in [5.74, 6) is 0. The summed E-state index contributed by atoms with van der Waals surface area (Å²) in [5, 5.41) is 9.86. The van der Waals surface area contributed by atoms with Gasteiger partial charge in [-0.25, -0.2) is 0 Å². The molecule has 0 atom stereocenters. The topological polar surface area (TPSA) is 16.4 Å². The van der Waals surface area contributed by atoms with Crippen LogP contribution in [0.5, 0.6) is 0 Å². The van der Waals surface area contributed by atoms with Crippen molar-refractivity contribution in [2.24, 2.45) is 0 Å². The van der Waals surface area contributed by atoms with Gasteiger partial charge in [-0.1, -0.05) is 140 Å². The van der Waals surface area contributed by atoms with E-state index in [2.05, 4.69) is 181 Å². The van der Waals surface area contributed by atoms with Crippen molar-refractivity contribution in [1.82, 2.24) is 0 Å². The second kappa shape index (κ2) is 11.5. The first-order valence-corrected chi connectivity index (χ1v) is 17.1. The van der Waals surface area contributed by atoms with Crippen molar-refractivity contribution in [3.63, 3.8) is 0 Å². The molecular formula is C48H31NO. The fourth-order valence-corrected chi connectivity index (χ4v) is 7.60. The van der Waals surface area contributed by atoms with Crippen molar-refractivity contribution in [1.29, 1.82) is 0 Å².